The Morgan fingerprint density at radius 1 is 1.38 bits per heavy atom. The molecule has 1 fully saturated rings. The molecule has 1 unspecified atom stereocenters. The Morgan fingerprint density at radius 3 is 2.96 bits per heavy atom. The van der Waals surface area contributed by atoms with Gasteiger partial charge in [0.2, 0.25) is 11.8 Å². The van der Waals surface area contributed by atoms with Crippen LogP contribution in [0.25, 0.3) is 0 Å². The summed E-state index contributed by atoms with van der Waals surface area (Å²) < 4.78 is 0. The van der Waals surface area contributed by atoms with E-state index in [4.69, 9.17) is 0 Å². The lowest BCUT2D eigenvalue weighted by atomic mass is 10.00. The third-order valence-corrected chi connectivity index (χ3v) is 5.78. The summed E-state index contributed by atoms with van der Waals surface area (Å²) in [7, 11) is 0. The van der Waals surface area contributed by atoms with Crippen LogP contribution in [0.1, 0.15) is 31.2 Å². The van der Waals surface area contributed by atoms with Crippen LogP contribution in [-0.4, -0.2) is 35.4 Å². The van der Waals surface area contributed by atoms with Gasteiger partial charge in [0.15, 0.2) is 0 Å². The fourth-order valence-electron chi connectivity index (χ4n) is 3.25. The fraction of sp³-hybridized carbons (Fsp3) is 0.500. The van der Waals surface area contributed by atoms with Gasteiger partial charge in [-0.05, 0) is 36.6 Å². The van der Waals surface area contributed by atoms with Gasteiger partial charge in [-0.1, -0.05) is 18.2 Å². The number of para-hydroxylation sites is 1. The molecular weight excluding hydrogens is 322 g/mol. The molecule has 1 aromatic rings. The number of thioether (sulfide) groups is 1. The van der Waals surface area contributed by atoms with Gasteiger partial charge >= 0.3 is 0 Å². The minimum absolute atomic E-state index is 0.100. The average molecular weight is 343 g/mol. The van der Waals surface area contributed by atoms with Crippen molar-refractivity contribution in [2.45, 2.75) is 37.6 Å². The Kier molecular flexibility index (Phi) is 5.10. The summed E-state index contributed by atoms with van der Waals surface area (Å²) in [6, 6.07) is 10.2. The van der Waals surface area contributed by atoms with E-state index >= 15 is 0 Å². The van der Waals surface area contributed by atoms with Crippen LogP contribution in [0.15, 0.2) is 24.3 Å². The van der Waals surface area contributed by atoms with Crippen molar-refractivity contribution in [1.29, 1.82) is 5.26 Å². The van der Waals surface area contributed by atoms with E-state index in [0.717, 1.165) is 17.9 Å². The van der Waals surface area contributed by atoms with E-state index in [9.17, 15) is 14.9 Å². The SMILES string of the molecule is N#CC1(NC(=O)CCCN2C(=O)CCc3ccccc32)CCSC1. The largest absolute Gasteiger partial charge is 0.337 e. The number of nitrogens with one attached hydrogen (secondary N) is 1. The summed E-state index contributed by atoms with van der Waals surface area (Å²) in [5.41, 5.74) is 1.46. The second-order valence-electron chi connectivity index (χ2n) is 6.32. The molecule has 0 aromatic heterocycles. The number of carbonyl (C=O) groups is 2. The molecule has 1 saturated heterocycles. The van der Waals surface area contributed by atoms with E-state index in [1.54, 1.807) is 16.7 Å². The summed E-state index contributed by atoms with van der Waals surface area (Å²) in [5, 5.41) is 12.2. The van der Waals surface area contributed by atoms with Gasteiger partial charge in [0.05, 0.1) is 6.07 Å². The van der Waals surface area contributed by atoms with Gasteiger partial charge < -0.3 is 10.2 Å². The molecule has 0 radical (unpaired) electrons. The fourth-order valence-corrected chi connectivity index (χ4v) is 4.52. The predicted octanol–water partition coefficient (Wildman–Crippen LogP) is 2.26. The van der Waals surface area contributed by atoms with Crippen LogP contribution in [0.2, 0.25) is 0 Å². The highest BCUT2D eigenvalue weighted by Crippen LogP contribution is 2.28. The number of fused-ring (bicyclic) bond motifs is 1. The zero-order chi connectivity index (χ0) is 17.0. The first-order valence-electron chi connectivity index (χ1n) is 8.32. The number of anilines is 1. The molecule has 6 heteroatoms. The minimum Gasteiger partial charge on any atom is -0.337 e. The van der Waals surface area contributed by atoms with E-state index in [1.807, 2.05) is 18.2 Å². The third kappa shape index (κ3) is 3.57. The lowest BCUT2D eigenvalue weighted by Crippen LogP contribution is -2.47. The van der Waals surface area contributed by atoms with Crippen molar-refractivity contribution in [2.75, 3.05) is 23.0 Å². The zero-order valence-corrected chi connectivity index (χ0v) is 14.4. The van der Waals surface area contributed by atoms with Gasteiger partial charge in [-0.25, -0.2) is 0 Å². The van der Waals surface area contributed by atoms with Gasteiger partial charge in [-0.3, -0.25) is 9.59 Å². The molecule has 0 aliphatic carbocycles. The first kappa shape index (κ1) is 16.8. The summed E-state index contributed by atoms with van der Waals surface area (Å²) in [5.74, 6) is 1.59. The number of aryl methyl sites for hydroxylation is 1. The maximum Gasteiger partial charge on any atom is 0.227 e. The molecular formula is C18H21N3O2S. The Labute approximate surface area is 146 Å². The smallest absolute Gasteiger partial charge is 0.227 e. The van der Waals surface area contributed by atoms with Crippen LogP contribution in [0.5, 0.6) is 0 Å². The zero-order valence-electron chi connectivity index (χ0n) is 13.6. The molecule has 0 bridgehead atoms. The van der Waals surface area contributed by atoms with Crippen LogP contribution in [0.3, 0.4) is 0 Å². The standard InChI is InChI=1S/C18H21N3O2S/c19-12-18(9-11-24-13-18)20-16(22)6-3-10-21-15-5-2-1-4-14(15)7-8-17(21)23/h1-2,4-5H,3,6-11,13H2,(H,20,22). The quantitative estimate of drug-likeness (QED) is 0.890. The van der Waals surface area contributed by atoms with E-state index < -0.39 is 5.54 Å². The molecule has 2 amide bonds. The second-order valence-corrected chi connectivity index (χ2v) is 7.43. The molecule has 126 valence electrons. The molecule has 2 heterocycles. The highest BCUT2D eigenvalue weighted by molar-refractivity contribution is 7.99. The lowest BCUT2D eigenvalue weighted by molar-refractivity contribution is -0.123. The number of amides is 2. The molecule has 1 aromatic carbocycles. The minimum atomic E-state index is -0.699. The molecule has 5 nitrogen and oxygen atoms in total. The molecule has 2 aliphatic rings. The van der Waals surface area contributed by atoms with E-state index in [-0.39, 0.29) is 11.8 Å². The van der Waals surface area contributed by atoms with Gasteiger partial charge in [-0.2, -0.15) is 17.0 Å². The van der Waals surface area contributed by atoms with E-state index in [2.05, 4.69) is 17.5 Å². The van der Waals surface area contributed by atoms with Gasteiger partial charge in [0.1, 0.15) is 5.54 Å². The van der Waals surface area contributed by atoms with Crippen molar-refractivity contribution in [1.82, 2.24) is 5.32 Å². The number of benzene rings is 1. The molecule has 0 saturated carbocycles. The molecule has 3 rings (SSSR count). The maximum atomic E-state index is 12.2. The summed E-state index contributed by atoms with van der Waals surface area (Å²) in [6.07, 6.45) is 2.95. The Bertz CT molecular complexity index is 677. The topological polar surface area (TPSA) is 73.2 Å². The molecule has 1 N–H and O–H groups in total. The molecule has 24 heavy (non-hydrogen) atoms. The van der Waals surface area contributed by atoms with Crippen LogP contribution >= 0.6 is 11.8 Å². The summed E-state index contributed by atoms with van der Waals surface area (Å²) >= 11 is 1.70. The highest BCUT2D eigenvalue weighted by Gasteiger charge is 2.35. The first-order chi connectivity index (χ1) is 11.6. The van der Waals surface area contributed by atoms with Crippen LogP contribution in [0.4, 0.5) is 5.69 Å². The number of nitriles is 1. The number of nitrogens with zero attached hydrogens (tertiary/aromatic N) is 2. The molecule has 1 atom stereocenters. The molecule has 2 aliphatic heterocycles. The van der Waals surface area contributed by atoms with Crippen LogP contribution < -0.4 is 10.2 Å². The van der Waals surface area contributed by atoms with Gasteiger partial charge in [0.25, 0.3) is 0 Å². The second kappa shape index (κ2) is 7.27. The summed E-state index contributed by atoms with van der Waals surface area (Å²) in [6.45, 7) is 0.539. The predicted molar refractivity (Wildman–Crippen MR) is 94.8 cm³/mol. The van der Waals surface area contributed by atoms with Gasteiger partial charge in [-0.15, -0.1) is 0 Å². The average Bonchev–Trinajstić information content (AvgIpc) is 3.06. The number of rotatable bonds is 5. The monoisotopic (exact) mass is 343 g/mol. The number of carbonyl (C=O) groups excluding carboxylic acids is 2. The van der Waals surface area contributed by atoms with Crippen LogP contribution in [0, 0.1) is 11.3 Å². The highest BCUT2D eigenvalue weighted by atomic mass is 32.2. The van der Waals surface area contributed by atoms with Crippen molar-refractivity contribution < 1.29 is 9.59 Å². The van der Waals surface area contributed by atoms with E-state index in [1.165, 1.54) is 5.56 Å². The molecule has 0 spiro atoms. The van der Waals surface area contributed by atoms with Crippen molar-refractivity contribution >= 4 is 29.3 Å². The summed E-state index contributed by atoms with van der Waals surface area (Å²) in [4.78, 5) is 26.1. The van der Waals surface area contributed by atoms with E-state index in [0.29, 0.717) is 38.0 Å². The van der Waals surface area contributed by atoms with Crippen LogP contribution in [-0.2, 0) is 16.0 Å². The Morgan fingerprint density at radius 2 is 2.21 bits per heavy atom. The number of hydrogen-bond donors (Lipinski definition) is 1. The van der Waals surface area contributed by atoms with Gasteiger partial charge in [0, 0.05) is 30.8 Å². The van der Waals surface area contributed by atoms with Crippen molar-refractivity contribution in [3.63, 3.8) is 0 Å². The number of hydrogen-bond acceptors (Lipinski definition) is 4. The third-order valence-electron chi connectivity index (χ3n) is 4.59. The normalized spacial score (nSPS) is 22.8. The Balaban J connectivity index is 1.54. The maximum absolute atomic E-state index is 12.2. The van der Waals surface area contributed by atoms with Crippen molar-refractivity contribution in [2.24, 2.45) is 0 Å². The Hall–Kier alpha value is -2.00. The first-order valence-corrected chi connectivity index (χ1v) is 9.47. The van der Waals surface area contributed by atoms with Crippen molar-refractivity contribution in [3.8, 4) is 6.07 Å². The lowest BCUT2D eigenvalue weighted by Gasteiger charge is -2.29. The van der Waals surface area contributed by atoms with Crippen molar-refractivity contribution in [3.05, 3.63) is 29.8 Å².